The lowest BCUT2D eigenvalue weighted by atomic mass is 9.58. The minimum absolute atomic E-state index is 0.143. The number of rotatable bonds is 4. The quantitative estimate of drug-likeness (QED) is 0.733. The van der Waals surface area contributed by atoms with Gasteiger partial charge in [-0.25, -0.2) is 0 Å². The van der Waals surface area contributed by atoms with Gasteiger partial charge < -0.3 is 28.8 Å². The van der Waals surface area contributed by atoms with Crippen LogP contribution in [0.5, 0.6) is 11.5 Å². The number of carbonyl (C=O) groups is 1. The van der Waals surface area contributed by atoms with Crippen LogP contribution >= 0.6 is 0 Å². The van der Waals surface area contributed by atoms with Crippen LogP contribution in [0.25, 0.3) is 0 Å². The molecule has 170 valence electrons. The Labute approximate surface area is 183 Å². The second-order valence-electron chi connectivity index (χ2n) is 10.3. The first-order valence-electron chi connectivity index (χ1n) is 11.2. The lowest BCUT2D eigenvalue weighted by molar-refractivity contribution is -0.279. The fourth-order valence-electron chi connectivity index (χ4n) is 6.28. The average Bonchev–Trinajstić information content (AvgIpc) is 3.42. The van der Waals surface area contributed by atoms with Crippen LogP contribution in [-0.2, 0) is 24.4 Å². The molecule has 7 nitrogen and oxygen atoms in total. The first-order chi connectivity index (χ1) is 14.7. The van der Waals surface area contributed by atoms with Gasteiger partial charge in [0.1, 0.15) is 0 Å². The molecular formula is C24H32O7. The van der Waals surface area contributed by atoms with Crippen LogP contribution in [0, 0.1) is 17.3 Å². The third-order valence-electron chi connectivity index (χ3n) is 7.64. The van der Waals surface area contributed by atoms with E-state index in [9.17, 15) is 9.90 Å². The van der Waals surface area contributed by atoms with Crippen molar-refractivity contribution in [3.63, 3.8) is 0 Å². The number of para-hydroxylation sites is 1. The van der Waals surface area contributed by atoms with Gasteiger partial charge in [-0.15, -0.1) is 0 Å². The molecule has 0 aromatic heterocycles. The second kappa shape index (κ2) is 7.09. The smallest absolute Gasteiger partial charge is 0.311 e. The highest BCUT2D eigenvalue weighted by Gasteiger charge is 2.74. The molecule has 2 bridgehead atoms. The van der Waals surface area contributed by atoms with Gasteiger partial charge in [-0.05, 0) is 52.0 Å². The summed E-state index contributed by atoms with van der Waals surface area (Å²) >= 11 is 0. The number of aliphatic hydroxyl groups excluding tert-OH is 1. The maximum atomic E-state index is 12.4. The molecule has 1 aromatic carbocycles. The summed E-state index contributed by atoms with van der Waals surface area (Å²) in [5.74, 6) is 0.159. The van der Waals surface area contributed by atoms with Crippen molar-refractivity contribution in [1.29, 1.82) is 0 Å². The third-order valence-corrected chi connectivity index (χ3v) is 7.64. The number of esters is 1. The van der Waals surface area contributed by atoms with Gasteiger partial charge in [-0.1, -0.05) is 12.1 Å². The standard InChI is InChI=1S/C24H32O7/c1-22(2,3)21(26)28-9-8-23-14-12-16(17(25)13-14)24(29-10-11-30-24)20(23)31-19-15(23)6-5-7-18(19)27-4/h5-7,14,16-17,20,25H,8-13H2,1-4H3. The summed E-state index contributed by atoms with van der Waals surface area (Å²) < 4.78 is 30.4. The van der Waals surface area contributed by atoms with E-state index in [0.717, 1.165) is 12.0 Å². The molecule has 5 atom stereocenters. The van der Waals surface area contributed by atoms with E-state index in [2.05, 4.69) is 6.07 Å². The fraction of sp³-hybridized carbons (Fsp3) is 0.708. The summed E-state index contributed by atoms with van der Waals surface area (Å²) in [5, 5.41) is 10.9. The number of benzene rings is 1. The van der Waals surface area contributed by atoms with Crippen molar-refractivity contribution < 1.29 is 33.6 Å². The van der Waals surface area contributed by atoms with Crippen molar-refractivity contribution in [3.05, 3.63) is 23.8 Å². The normalized spacial score (nSPS) is 34.9. The Bertz CT molecular complexity index is 869. The van der Waals surface area contributed by atoms with E-state index in [-0.39, 0.29) is 24.4 Å². The summed E-state index contributed by atoms with van der Waals surface area (Å²) in [6.45, 7) is 6.75. The predicted octanol–water partition coefficient (Wildman–Crippen LogP) is 2.82. The number of fused-ring (bicyclic) bond motifs is 8. The Kier molecular flexibility index (Phi) is 4.81. The number of carbonyl (C=O) groups excluding carboxylic acids is 1. The van der Waals surface area contributed by atoms with E-state index in [0.29, 0.717) is 37.6 Å². The van der Waals surface area contributed by atoms with E-state index >= 15 is 0 Å². The Balaban J connectivity index is 1.58. The van der Waals surface area contributed by atoms with Crippen molar-refractivity contribution in [2.24, 2.45) is 17.3 Å². The number of hydrogen-bond donors (Lipinski definition) is 1. The van der Waals surface area contributed by atoms with Gasteiger partial charge in [-0.3, -0.25) is 4.79 Å². The van der Waals surface area contributed by atoms with Gasteiger partial charge in [0.05, 0.1) is 38.4 Å². The number of methoxy groups -OCH3 is 1. The molecule has 2 saturated carbocycles. The molecule has 2 heterocycles. The topological polar surface area (TPSA) is 83.5 Å². The van der Waals surface area contributed by atoms with E-state index < -0.39 is 28.8 Å². The average molecular weight is 433 g/mol. The van der Waals surface area contributed by atoms with E-state index in [1.807, 2.05) is 32.9 Å². The SMILES string of the molecule is COc1cccc2c1OC1C3(OCCO3)C3CC(CC3O)C21CCOC(=O)C(C)(C)C. The summed E-state index contributed by atoms with van der Waals surface area (Å²) in [6.07, 6.45) is 1.04. The molecule has 5 unspecified atom stereocenters. The lowest BCUT2D eigenvalue weighted by Crippen LogP contribution is -2.64. The zero-order valence-corrected chi connectivity index (χ0v) is 18.7. The van der Waals surface area contributed by atoms with E-state index in [1.54, 1.807) is 7.11 Å². The van der Waals surface area contributed by atoms with Crippen LogP contribution in [0.4, 0.5) is 0 Å². The molecule has 1 spiro atoms. The van der Waals surface area contributed by atoms with Crippen LogP contribution in [0.15, 0.2) is 18.2 Å². The molecule has 2 aliphatic carbocycles. The van der Waals surface area contributed by atoms with Crippen LogP contribution < -0.4 is 9.47 Å². The maximum Gasteiger partial charge on any atom is 0.311 e. The largest absolute Gasteiger partial charge is 0.493 e. The van der Waals surface area contributed by atoms with Gasteiger partial charge in [0.2, 0.25) is 5.79 Å². The minimum atomic E-state index is -1.01. The molecule has 4 aliphatic rings. The molecule has 5 rings (SSSR count). The third kappa shape index (κ3) is 2.86. The molecule has 1 aromatic rings. The van der Waals surface area contributed by atoms with Crippen molar-refractivity contribution in [1.82, 2.24) is 0 Å². The van der Waals surface area contributed by atoms with Crippen molar-refractivity contribution in [2.75, 3.05) is 26.9 Å². The summed E-state index contributed by atoms with van der Waals surface area (Å²) in [7, 11) is 1.63. The van der Waals surface area contributed by atoms with Gasteiger partial charge in [-0.2, -0.15) is 0 Å². The van der Waals surface area contributed by atoms with Crippen LogP contribution in [0.2, 0.25) is 0 Å². The van der Waals surface area contributed by atoms with Crippen molar-refractivity contribution >= 4 is 5.97 Å². The summed E-state index contributed by atoms with van der Waals surface area (Å²) in [5.41, 5.74) is -0.0372. The van der Waals surface area contributed by atoms with Crippen LogP contribution in [0.3, 0.4) is 0 Å². The monoisotopic (exact) mass is 432 g/mol. The first kappa shape index (κ1) is 21.0. The molecule has 3 fully saturated rings. The number of ether oxygens (including phenoxy) is 5. The van der Waals surface area contributed by atoms with Crippen molar-refractivity contribution in [2.45, 2.75) is 63.4 Å². The number of hydrogen-bond acceptors (Lipinski definition) is 7. The predicted molar refractivity (Wildman–Crippen MR) is 111 cm³/mol. The summed E-state index contributed by atoms with van der Waals surface area (Å²) in [4.78, 5) is 12.4. The van der Waals surface area contributed by atoms with Crippen molar-refractivity contribution in [3.8, 4) is 11.5 Å². The van der Waals surface area contributed by atoms with Gasteiger partial charge >= 0.3 is 5.97 Å². The fourth-order valence-corrected chi connectivity index (χ4v) is 6.28. The highest BCUT2D eigenvalue weighted by molar-refractivity contribution is 5.75. The molecule has 31 heavy (non-hydrogen) atoms. The number of aliphatic hydroxyl groups is 1. The zero-order valence-electron chi connectivity index (χ0n) is 18.7. The Morgan fingerprint density at radius 1 is 1.23 bits per heavy atom. The highest BCUT2D eigenvalue weighted by Crippen LogP contribution is 2.66. The Hall–Kier alpha value is -1.83. The molecular weight excluding hydrogens is 400 g/mol. The van der Waals surface area contributed by atoms with E-state index in [4.69, 9.17) is 23.7 Å². The van der Waals surface area contributed by atoms with Gasteiger partial charge in [0.15, 0.2) is 17.6 Å². The van der Waals surface area contributed by atoms with Crippen LogP contribution in [-0.4, -0.2) is 56.0 Å². The van der Waals surface area contributed by atoms with Crippen LogP contribution in [0.1, 0.15) is 45.6 Å². The molecule has 2 aliphatic heterocycles. The Morgan fingerprint density at radius 2 is 1.97 bits per heavy atom. The lowest BCUT2D eigenvalue weighted by Gasteiger charge is -2.51. The van der Waals surface area contributed by atoms with E-state index in [1.165, 1.54) is 0 Å². The molecule has 1 saturated heterocycles. The molecule has 1 N–H and O–H groups in total. The highest BCUT2D eigenvalue weighted by atomic mass is 16.8. The maximum absolute atomic E-state index is 12.4. The molecule has 7 heteroatoms. The second-order valence-corrected chi connectivity index (χ2v) is 10.3. The molecule has 0 radical (unpaired) electrons. The molecule has 0 amide bonds. The first-order valence-corrected chi connectivity index (χ1v) is 11.2. The zero-order chi connectivity index (χ0) is 22.0. The summed E-state index contributed by atoms with van der Waals surface area (Å²) in [6, 6.07) is 5.92. The van der Waals surface area contributed by atoms with Gasteiger partial charge in [0, 0.05) is 16.9 Å². The van der Waals surface area contributed by atoms with Gasteiger partial charge in [0.25, 0.3) is 0 Å². The Morgan fingerprint density at radius 3 is 2.65 bits per heavy atom. The minimum Gasteiger partial charge on any atom is -0.493 e.